The number of methoxy groups -OCH3 is 1. The third-order valence-electron chi connectivity index (χ3n) is 2.49. The predicted octanol–water partition coefficient (Wildman–Crippen LogP) is 1.63. The van der Waals surface area contributed by atoms with Crippen molar-refractivity contribution < 1.29 is 9.47 Å². The van der Waals surface area contributed by atoms with Crippen LogP contribution in [-0.2, 0) is 16.0 Å². The fourth-order valence-electron chi connectivity index (χ4n) is 1.62. The number of rotatable bonds is 9. The van der Waals surface area contributed by atoms with Crippen LogP contribution in [0.4, 0.5) is 0 Å². The molecule has 1 aromatic rings. The molecule has 0 aliphatic carbocycles. The summed E-state index contributed by atoms with van der Waals surface area (Å²) in [6.07, 6.45) is 2.86. The summed E-state index contributed by atoms with van der Waals surface area (Å²) in [5.41, 5.74) is 1.08. The molecule has 5 heteroatoms. The van der Waals surface area contributed by atoms with Crippen LogP contribution >= 0.6 is 0 Å². The number of nitrogens with one attached hydrogen (secondary N) is 2. The highest BCUT2D eigenvalue weighted by Gasteiger charge is 2.12. The second kappa shape index (κ2) is 8.22. The molecule has 5 nitrogen and oxygen atoms in total. The van der Waals surface area contributed by atoms with Gasteiger partial charge in [-0.25, -0.2) is 4.98 Å². The van der Waals surface area contributed by atoms with Gasteiger partial charge in [0, 0.05) is 38.7 Å². The maximum Gasteiger partial charge on any atom is 0.135 e. The fourth-order valence-corrected chi connectivity index (χ4v) is 1.62. The van der Waals surface area contributed by atoms with Crippen molar-refractivity contribution in [1.82, 2.24) is 15.3 Å². The molecular weight excluding hydrogens is 218 g/mol. The summed E-state index contributed by atoms with van der Waals surface area (Å²) in [6, 6.07) is 0. The molecule has 17 heavy (non-hydrogen) atoms. The fraction of sp³-hybridized carbons (Fsp3) is 0.750. The van der Waals surface area contributed by atoms with Crippen LogP contribution in [-0.4, -0.2) is 36.8 Å². The Hall–Kier alpha value is -0.910. The van der Waals surface area contributed by atoms with Gasteiger partial charge >= 0.3 is 0 Å². The molecule has 0 aliphatic heterocycles. The molecule has 1 atom stereocenters. The Kier molecular flexibility index (Phi) is 6.84. The molecule has 0 aliphatic rings. The van der Waals surface area contributed by atoms with Crippen LogP contribution in [0.1, 0.15) is 37.9 Å². The van der Waals surface area contributed by atoms with E-state index in [1.54, 1.807) is 7.11 Å². The molecule has 0 aromatic carbocycles. The minimum atomic E-state index is 0.0766. The molecule has 1 heterocycles. The average molecular weight is 241 g/mol. The Morgan fingerprint density at radius 3 is 2.94 bits per heavy atom. The first-order chi connectivity index (χ1) is 8.31. The van der Waals surface area contributed by atoms with Gasteiger partial charge in [0.1, 0.15) is 11.9 Å². The van der Waals surface area contributed by atoms with E-state index >= 15 is 0 Å². The summed E-state index contributed by atoms with van der Waals surface area (Å²) >= 11 is 0. The second-order valence-electron chi connectivity index (χ2n) is 3.82. The van der Waals surface area contributed by atoms with Gasteiger partial charge in [0.05, 0.1) is 6.61 Å². The largest absolute Gasteiger partial charge is 0.383 e. The maximum absolute atomic E-state index is 5.60. The van der Waals surface area contributed by atoms with Crippen LogP contribution in [0.15, 0.2) is 6.20 Å². The van der Waals surface area contributed by atoms with E-state index in [-0.39, 0.29) is 6.10 Å². The molecule has 0 spiro atoms. The minimum absolute atomic E-state index is 0.0766. The van der Waals surface area contributed by atoms with Crippen molar-refractivity contribution in [2.75, 3.05) is 26.9 Å². The first-order valence-corrected chi connectivity index (χ1v) is 6.16. The van der Waals surface area contributed by atoms with E-state index in [0.29, 0.717) is 6.61 Å². The van der Waals surface area contributed by atoms with Crippen molar-refractivity contribution in [3.8, 4) is 0 Å². The van der Waals surface area contributed by atoms with Crippen molar-refractivity contribution in [3.63, 3.8) is 0 Å². The number of imidazole rings is 1. The van der Waals surface area contributed by atoms with Crippen molar-refractivity contribution in [3.05, 3.63) is 17.7 Å². The lowest BCUT2D eigenvalue weighted by molar-refractivity contribution is 0.0540. The average Bonchev–Trinajstić information content (AvgIpc) is 2.80. The number of nitrogens with zero attached hydrogens (tertiary/aromatic N) is 1. The van der Waals surface area contributed by atoms with Crippen LogP contribution in [0.2, 0.25) is 0 Å². The van der Waals surface area contributed by atoms with Crippen LogP contribution in [0.25, 0.3) is 0 Å². The Labute approximate surface area is 103 Å². The molecule has 0 saturated heterocycles. The van der Waals surface area contributed by atoms with E-state index in [1.165, 1.54) is 0 Å². The number of hydrogen-bond acceptors (Lipinski definition) is 4. The van der Waals surface area contributed by atoms with E-state index in [1.807, 2.05) is 13.1 Å². The van der Waals surface area contributed by atoms with Crippen LogP contribution in [0.3, 0.4) is 0 Å². The lowest BCUT2D eigenvalue weighted by Gasteiger charge is -2.11. The molecule has 0 radical (unpaired) electrons. The van der Waals surface area contributed by atoms with E-state index in [2.05, 4.69) is 22.2 Å². The summed E-state index contributed by atoms with van der Waals surface area (Å²) in [4.78, 5) is 7.64. The molecule has 1 unspecified atom stereocenters. The Morgan fingerprint density at radius 2 is 2.29 bits per heavy atom. The second-order valence-corrected chi connectivity index (χ2v) is 3.82. The zero-order valence-electron chi connectivity index (χ0n) is 11.0. The van der Waals surface area contributed by atoms with Gasteiger partial charge in [-0.3, -0.25) is 0 Å². The third-order valence-corrected chi connectivity index (χ3v) is 2.49. The summed E-state index contributed by atoms with van der Waals surface area (Å²) in [5.74, 6) is 0.915. The zero-order chi connectivity index (χ0) is 12.5. The first-order valence-electron chi connectivity index (χ1n) is 6.16. The van der Waals surface area contributed by atoms with E-state index in [0.717, 1.165) is 37.6 Å². The van der Waals surface area contributed by atoms with E-state index < -0.39 is 0 Å². The Morgan fingerprint density at radius 1 is 1.47 bits per heavy atom. The maximum atomic E-state index is 5.60. The molecule has 0 amide bonds. The first kappa shape index (κ1) is 14.2. The normalized spacial score (nSPS) is 12.9. The number of hydrogen-bond donors (Lipinski definition) is 2. The van der Waals surface area contributed by atoms with Crippen molar-refractivity contribution >= 4 is 0 Å². The van der Waals surface area contributed by atoms with E-state index in [4.69, 9.17) is 9.47 Å². The highest BCUT2D eigenvalue weighted by molar-refractivity contribution is 5.03. The van der Waals surface area contributed by atoms with Crippen LogP contribution in [0.5, 0.6) is 0 Å². The van der Waals surface area contributed by atoms with Crippen molar-refractivity contribution in [2.24, 2.45) is 0 Å². The van der Waals surface area contributed by atoms with Gasteiger partial charge in [0.2, 0.25) is 0 Å². The molecule has 98 valence electrons. The number of aromatic nitrogens is 2. The van der Waals surface area contributed by atoms with Gasteiger partial charge in [-0.05, 0) is 13.3 Å². The SMILES string of the molecule is CCOC(CC)c1ncc(CNCCOC)[nH]1. The van der Waals surface area contributed by atoms with Gasteiger partial charge in [0.15, 0.2) is 0 Å². The Bertz CT molecular complexity index is 302. The lowest BCUT2D eigenvalue weighted by Crippen LogP contribution is -2.18. The molecular formula is C12H23N3O2. The third kappa shape index (κ3) is 4.85. The summed E-state index contributed by atoms with van der Waals surface area (Å²) in [6.45, 7) is 7.14. The molecule has 1 aromatic heterocycles. The highest BCUT2D eigenvalue weighted by atomic mass is 16.5. The van der Waals surface area contributed by atoms with Gasteiger partial charge in [0.25, 0.3) is 0 Å². The molecule has 2 N–H and O–H groups in total. The standard InChI is InChI=1S/C12H23N3O2/c1-4-11(17-5-2)12-14-9-10(15-12)8-13-6-7-16-3/h9,11,13H,4-8H2,1-3H3,(H,14,15). The Balaban J connectivity index is 2.40. The van der Waals surface area contributed by atoms with Crippen molar-refractivity contribution in [1.29, 1.82) is 0 Å². The van der Waals surface area contributed by atoms with Crippen molar-refractivity contribution in [2.45, 2.75) is 32.9 Å². The highest BCUT2D eigenvalue weighted by Crippen LogP contribution is 2.17. The zero-order valence-corrected chi connectivity index (χ0v) is 11.0. The van der Waals surface area contributed by atoms with Gasteiger partial charge < -0.3 is 19.8 Å². The smallest absolute Gasteiger partial charge is 0.135 e. The van der Waals surface area contributed by atoms with Crippen LogP contribution in [0, 0.1) is 0 Å². The quantitative estimate of drug-likeness (QED) is 0.645. The topological polar surface area (TPSA) is 59.2 Å². The minimum Gasteiger partial charge on any atom is -0.383 e. The summed E-state index contributed by atoms with van der Waals surface area (Å²) < 4.78 is 10.6. The van der Waals surface area contributed by atoms with Gasteiger partial charge in [-0.1, -0.05) is 6.92 Å². The molecule has 0 bridgehead atoms. The summed E-state index contributed by atoms with van der Waals surface area (Å²) in [7, 11) is 1.70. The van der Waals surface area contributed by atoms with Crippen LogP contribution < -0.4 is 5.32 Å². The predicted molar refractivity (Wildman–Crippen MR) is 66.8 cm³/mol. The number of aromatic amines is 1. The number of H-pyrrole nitrogens is 1. The molecule has 0 saturated carbocycles. The molecule has 1 rings (SSSR count). The van der Waals surface area contributed by atoms with E-state index in [9.17, 15) is 0 Å². The summed E-state index contributed by atoms with van der Waals surface area (Å²) in [5, 5.41) is 3.27. The van der Waals surface area contributed by atoms with Gasteiger partial charge in [-0.15, -0.1) is 0 Å². The monoisotopic (exact) mass is 241 g/mol. The number of ether oxygens (including phenoxy) is 2. The lowest BCUT2D eigenvalue weighted by atomic mass is 10.2. The van der Waals surface area contributed by atoms with Gasteiger partial charge in [-0.2, -0.15) is 0 Å². The molecule has 0 fully saturated rings.